The summed E-state index contributed by atoms with van der Waals surface area (Å²) < 4.78 is 5.04. The maximum Gasteiger partial charge on any atom is 0.0587 e. The van der Waals surface area contributed by atoms with E-state index in [4.69, 9.17) is 4.74 Å². The highest BCUT2D eigenvalue weighted by molar-refractivity contribution is 4.95. The number of nitrogens with one attached hydrogen (secondary N) is 1. The lowest BCUT2D eigenvalue weighted by Crippen LogP contribution is -2.33. The van der Waals surface area contributed by atoms with Crippen LogP contribution >= 0.6 is 0 Å². The Morgan fingerprint density at radius 3 is 2.69 bits per heavy atom. The third-order valence-electron chi connectivity index (χ3n) is 3.73. The first-order chi connectivity index (χ1) is 7.70. The molecule has 1 rings (SSSR count). The van der Waals surface area contributed by atoms with Gasteiger partial charge in [0.15, 0.2) is 0 Å². The summed E-state index contributed by atoms with van der Waals surface area (Å²) in [5, 5.41) is 3.46. The lowest BCUT2D eigenvalue weighted by molar-refractivity contribution is 0.193. The molecule has 0 heterocycles. The molecule has 0 aromatic carbocycles. The minimum atomic E-state index is 0.253. The Bertz CT molecular complexity index is 199. The molecule has 1 N–H and O–H groups in total. The Morgan fingerprint density at radius 2 is 2.12 bits per heavy atom. The van der Waals surface area contributed by atoms with Crippen molar-refractivity contribution in [1.29, 1.82) is 0 Å². The predicted octanol–water partition coefficient (Wildman–Crippen LogP) is 3.00. The highest BCUT2D eigenvalue weighted by atomic mass is 16.5. The Labute approximate surface area is 100 Å². The summed E-state index contributed by atoms with van der Waals surface area (Å²) in [5.41, 5.74) is 0.253. The zero-order valence-electron chi connectivity index (χ0n) is 10.9. The van der Waals surface area contributed by atoms with Crippen molar-refractivity contribution in [2.24, 2.45) is 11.3 Å². The van der Waals surface area contributed by atoms with E-state index in [1.807, 2.05) is 0 Å². The largest absolute Gasteiger partial charge is 0.383 e. The molecule has 0 aromatic rings. The van der Waals surface area contributed by atoms with E-state index in [2.05, 4.69) is 24.9 Å². The summed E-state index contributed by atoms with van der Waals surface area (Å²) in [5.74, 6) is 0.923. The minimum absolute atomic E-state index is 0.253. The fraction of sp³-hybridized carbons (Fsp3) is 0.857. The molecule has 1 fully saturated rings. The van der Waals surface area contributed by atoms with Crippen LogP contribution in [0.1, 0.15) is 39.0 Å². The molecule has 0 aliphatic heterocycles. The van der Waals surface area contributed by atoms with Crippen LogP contribution in [0.5, 0.6) is 0 Å². The van der Waals surface area contributed by atoms with E-state index >= 15 is 0 Å². The molecule has 0 bridgehead atoms. The first-order valence-electron chi connectivity index (χ1n) is 6.53. The first-order valence-corrected chi connectivity index (χ1v) is 6.53. The van der Waals surface area contributed by atoms with Crippen molar-refractivity contribution in [3.05, 3.63) is 12.7 Å². The normalized spacial score (nSPS) is 20.9. The van der Waals surface area contributed by atoms with Gasteiger partial charge in [-0.15, -0.1) is 6.58 Å². The van der Waals surface area contributed by atoms with Gasteiger partial charge in [0.25, 0.3) is 0 Å². The molecule has 16 heavy (non-hydrogen) atoms. The Balaban J connectivity index is 2.27. The summed E-state index contributed by atoms with van der Waals surface area (Å²) in [7, 11) is 1.74. The standard InChI is InChI=1S/C14H27NO/c1-4-14(2,12-15-9-10-16-3)11-13-7-5-6-8-13/h4,13,15H,1,5-12H2,2-3H3. The summed E-state index contributed by atoms with van der Waals surface area (Å²) in [6.45, 7) is 9.07. The molecule has 1 saturated carbocycles. The van der Waals surface area contributed by atoms with Crippen molar-refractivity contribution in [1.82, 2.24) is 5.32 Å². The second-order valence-electron chi connectivity index (χ2n) is 5.38. The van der Waals surface area contributed by atoms with Gasteiger partial charge in [0.2, 0.25) is 0 Å². The maximum atomic E-state index is 5.04. The molecular formula is C14H27NO. The number of hydrogen-bond acceptors (Lipinski definition) is 2. The van der Waals surface area contributed by atoms with Crippen LogP contribution in [-0.2, 0) is 4.74 Å². The molecule has 1 aliphatic carbocycles. The lowest BCUT2D eigenvalue weighted by Gasteiger charge is -2.29. The number of methoxy groups -OCH3 is 1. The Morgan fingerprint density at radius 1 is 1.44 bits per heavy atom. The fourth-order valence-electron chi connectivity index (χ4n) is 2.65. The van der Waals surface area contributed by atoms with E-state index in [-0.39, 0.29) is 5.41 Å². The van der Waals surface area contributed by atoms with Crippen molar-refractivity contribution >= 4 is 0 Å². The SMILES string of the molecule is C=CC(C)(CNCCOC)CC1CCCC1. The molecule has 0 aromatic heterocycles. The van der Waals surface area contributed by atoms with Crippen molar-refractivity contribution in [2.45, 2.75) is 39.0 Å². The van der Waals surface area contributed by atoms with Crippen LogP contribution in [0.15, 0.2) is 12.7 Å². The molecule has 0 radical (unpaired) electrons. The van der Waals surface area contributed by atoms with Crippen LogP contribution in [0.25, 0.3) is 0 Å². The number of rotatable bonds is 8. The molecule has 0 amide bonds. The van der Waals surface area contributed by atoms with E-state index < -0.39 is 0 Å². The average molecular weight is 225 g/mol. The van der Waals surface area contributed by atoms with Crippen LogP contribution in [0.4, 0.5) is 0 Å². The Kier molecular flexibility index (Phi) is 6.07. The van der Waals surface area contributed by atoms with Crippen molar-refractivity contribution in [2.75, 3.05) is 26.8 Å². The van der Waals surface area contributed by atoms with Gasteiger partial charge in [0.05, 0.1) is 6.61 Å². The molecule has 2 heteroatoms. The number of ether oxygens (including phenoxy) is 1. The molecule has 0 spiro atoms. The van der Waals surface area contributed by atoms with Gasteiger partial charge in [-0.3, -0.25) is 0 Å². The van der Waals surface area contributed by atoms with Crippen molar-refractivity contribution in [3.63, 3.8) is 0 Å². The second-order valence-corrected chi connectivity index (χ2v) is 5.38. The van der Waals surface area contributed by atoms with Gasteiger partial charge in [0, 0.05) is 20.2 Å². The highest BCUT2D eigenvalue weighted by Crippen LogP contribution is 2.36. The van der Waals surface area contributed by atoms with Crippen LogP contribution in [0.2, 0.25) is 0 Å². The van der Waals surface area contributed by atoms with Gasteiger partial charge in [-0.25, -0.2) is 0 Å². The second kappa shape index (κ2) is 7.08. The van der Waals surface area contributed by atoms with Crippen molar-refractivity contribution < 1.29 is 4.74 Å². The van der Waals surface area contributed by atoms with Crippen LogP contribution < -0.4 is 5.32 Å². The monoisotopic (exact) mass is 225 g/mol. The van der Waals surface area contributed by atoms with Crippen LogP contribution in [0.3, 0.4) is 0 Å². The smallest absolute Gasteiger partial charge is 0.0587 e. The molecule has 1 unspecified atom stereocenters. The Hall–Kier alpha value is -0.340. The maximum absolute atomic E-state index is 5.04. The highest BCUT2D eigenvalue weighted by Gasteiger charge is 2.26. The summed E-state index contributed by atoms with van der Waals surface area (Å²) in [6.07, 6.45) is 9.11. The predicted molar refractivity (Wildman–Crippen MR) is 69.6 cm³/mol. The van der Waals surface area contributed by atoms with Crippen LogP contribution in [0, 0.1) is 11.3 Å². The van der Waals surface area contributed by atoms with Gasteiger partial charge in [-0.2, -0.15) is 0 Å². The average Bonchev–Trinajstić information content (AvgIpc) is 2.77. The third-order valence-corrected chi connectivity index (χ3v) is 3.73. The van der Waals surface area contributed by atoms with E-state index in [0.717, 1.165) is 25.6 Å². The van der Waals surface area contributed by atoms with E-state index in [0.29, 0.717) is 0 Å². The lowest BCUT2D eigenvalue weighted by atomic mass is 9.80. The van der Waals surface area contributed by atoms with Crippen molar-refractivity contribution in [3.8, 4) is 0 Å². The summed E-state index contributed by atoms with van der Waals surface area (Å²) in [4.78, 5) is 0. The van der Waals surface area contributed by atoms with E-state index in [1.165, 1.54) is 32.1 Å². The van der Waals surface area contributed by atoms with Gasteiger partial charge in [-0.1, -0.05) is 38.7 Å². The van der Waals surface area contributed by atoms with E-state index in [9.17, 15) is 0 Å². The minimum Gasteiger partial charge on any atom is -0.383 e. The number of hydrogen-bond donors (Lipinski definition) is 1. The fourth-order valence-corrected chi connectivity index (χ4v) is 2.65. The summed E-state index contributed by atoms with van der Waals surface area (Å²) in [6, 6.07) is 0. The molecular weight excluding hydrogens is 198 g/mol. The molecule has 1 atom stereocenters. The molecule has 94 valence electrons. The third kappa shape index (κ3) is 4.67. The summed E-state index contributed by atoms with van der Waals surface area (Å²) >= 11 is 0. The molecule has 2 nitrogen and oxygen atoms in total. The topological polar surface area (TPSA) is 21.3 Å². The zero-order valence-corrected chi connectivity index (χ0v) is 10.9. The van der Waals surface area contributed by atoms with Crippen LogP contribution in [-0.4, -0.2) is 26.8 Å². The quantitative estimate of drug-likeness (QED) is 0.506. The zero-order chi connectivity index (χ0) is 11.9. The van der Waals surface area contributed by atoms with Gasteiger partial charge >= 0.3 is 0 Å². The first kappa shape index (κ1) is 13.7. The van der Waals surface area contributed by atoms with Gasteiger partial charge in [0.1, 0.15) is 0 Å². The molecule has 1 aliphatic rings. The molecule has 0 saturated heterocycles. The van der Waals surface area contributed by atoms with E-state index in [1.54, 1.807) is 7.11 Å². The van der Waals surface area contributed by atoms with Gasteiger partial charge < -0.3 is 10.1 Å². The van der Waals surface area contributed by atoms with Gasteiger partial charge in [-0.05, 0) is 17.8 Å².